The minimum absolute atomic E-state index is 0.277. The summed E-state index contributed by atoms with van der Waals surface area (Å²) in [6.45, 7) is 7.86. The Bertz CT molecular complexity index is 642. The lowest BCUT2D eigenvalue weighted by molar-refractivity contribution is -0.128. The summed E-state index contributed by atoms with van der Waals surface area (Å²) >= 11 is 0. The van der Waals surface area contributed by atoms with Crippen molar-refractivity contribution in [3.8, 4) is 0 Å². The lowest BCUT2D eigenvalue weighted by Gasteiger charge is -2.24. The van der Waals surface area contributed by atoms with Gasteiger partial charge in [-0.25, -0.2) is 0 Å². The van der Waals surface area contributed by atoms with Crippen LogP contribution in [0.3, 0.4) is 0 Å². The number of guanidine groups is 1. The van der Waals surface area contributed by atoms with Crippen molar-refractivity contribution in [3.05, 3.63) is 35.4 Å². The number of carbonyl (C=O) groups is 1. The summed E-state index contributed by atoms with van der Waals surface area (Å²) in [6.07, 6.45) is 4.25. The predicted octanol–water partition coefficient (Wildman–Crippen LogP) is 1.96. The number of carbonyl (C=O) groups excluding carboxylic acids is 1. The highest BCUT2D eigenvalue weighted by Gasteiger charge is 2.22. The molecule has 1 aromatic carbocycles. The second-order valence-corrected chi connectivity index (χ2v) is 7.47. The van der Waals surface area contributed by atoms with Crippen LogP contribution >= 0.6 is 0 Å². The number of benzene rings is 1. The minimum Gasteiger partial charge on any atom is -0.355 e. The van der Waals surface area contributed by atoms with Crippen molar-refractivity contribution in [2.24, 2.45) is 4.99 Å². The number of likely N-dealkylation sites (N-methyl/N-ethyl adjacent to an activating group) is 1. The number of hydrogen-bond donors (Lipinski definition) is 2. The van der Waals surface area contributed by atoms with Gasteiger partial charge in [-0.1, -0.05) is 31.2 Å². The summed E-state index contributed by atoms with van der Waals surface area (Å²) in [6, 6.07) is 9.12. The number of rotatable bonds is 7. The maximum absolute atomic E-state index is 11.7. The monoisotopic (exact) mass is 371 g/mol. The first kappa shape index (κ1) is 19.7. The molecule has 27 heavy (non-hydrogen) atoms. The normalized spacial score (nSPS) is 21.1. The second kappa shape index (κ2) is 9.74. The van der Waals surface area contributed by atoms with Gasteiger partial charge in [0.15, 0.2) is 5.96 Å². The van der Waals surface area contributed by atoms with E-state index in [-0.39, 0.29) is 5.91 Å². The number of amides is 1. The third-order valence-corrected chi connectivity index (χ3v) is 5.66. The zero-order valence-electron chi connectivity index (χ0n) is 16.7. The fourth-order valence-corrected chi connectivity index (χ4v) is 4.02. The summed E-state index contributed by atoms with van der Waals surface area (Å²) in [5, 5.41) is 6.86. The Morgan fingerprint density at radius 2 is 1.93 bits per heavy atom. The molecule has 0 saturated carbocycles. The van der Waals surface area contributed by atoms with Crippen LogP contribution in [-0.4, -0.2) is 60.9 Å². The first-order valence-corrected chi connectivity index (χ1v) is 10.2. The molecule has 148 valence electrons. The van der Waals surface area contributed by atoms with Gasteiger partial charge >= 0.3 is 0 Å². The van der Waals surface area contributed by atoms with Crippen LogP contribution in [-0.2, 0) is 17.9 Å². The van der Waals surface area contributed by atoms with E-state index in [0.717, 1.165) is 45.1 Å². The number of nitrogens with one attached hydrogen (secondary N) is 2. The molecule has 1 atom stereocenters. The number of nitrogens with zero attached hydrogens (tertiary/aromatic N) is 3. The average Bonchev–Trinajstić information content (AvgIpc) is 3.32. The maximum Gasteiger partial charge on any atom is 0.222 e. The molecule has 0 aliphatic carbocycles. The third kappa shape index (κ3) is 5.45. The molecule has 6 nitrogen and oxygen atoms in total. The summed E-state index contributed by atoms with van der Waals surface area (Å²) in [4.78, 5) is 20.6. The van der Waals surface area contributed by atoms with E-state index in [0.29, 0.717) is 12.5 Å². The van der Waals surface area contributed by atoms with Gasteiger partial charge in [0.2, 0.25) is 5.91 Å². The van der Waals surface area contributed by atoms with Gasteiger partial charge in [-0.05, 0) is 43.5 Å². The van der Waals surface area contributed by atoms with Gasteiger partial charge < -0.3 is 15.5 Å². The molecule has 2 aliphatic rings. The van der Waals surface area contributed by atoms with Crippen LogP contribution in [0.15, 0.2) is 29.3 Å². The minimum atomic E-state index is 0.277. The van der Waals surface area contributed by atoms with E-state index in [1.54, 1.807) is 0 Å². The molecule has 3 rings (SSSR count). The molecule has 2 heterocycles. The zero-order chi connectivity index (χ0) is 19.1. The Labute approximate surface area is 163 Å². The van der Waals surface area contributed by atoms with Crippen molar-refractivity contribution in [1.82, 2.24) is 20.4 Å². The smallest absolute Gasteiger partial charge is 0.222 e. The molecule has 2 N–H and O–H groups in total. The van der Waals surface area contributed by atoms with Crippen LogP contribution in [0, 0.1) is 0 Å². The molecular formula is C21H33N5O. The SMILES string of the molecule is CCN1CCCC1CNC(=NC)NCc1ccc(CN2CCCC2=O)cc1. The van der Waals surface area contributed by atoms with Gasteiger partial charge in [0.25, 0.3) is 0 Å². The molecule has 2 fully saturated rings. The number of likely N-dealkylation sites (tertiary alicyclic amines) is 2. The first-order valence-electron chi connectivity index (χ1n) is 10.2. The van der Waals surface area contributed by atoms with Crippen LogP contribution in [0.5, 0.6) is 0 Å². The van der Waals surface area contributed by atoms with Crippen molar-refractivity contribution in [1.29, 1.82) is 0 Å². The Hall–Kier alpha value is -2.08. The van der Waals surface area contributed by atoms with E-state index in [1.165, 1.54) is 30.5 Å². The highest BCUT2D eigenvalue weighted by Crippen LogP contribution is 2.16. The maximum atomic E-state index is 11.7. The molecule has 0 aromatic heterocycles. The lowest BCUT2D eigenvalue weighted by atomic mass is 10.1. The number of aliphatic imine (C=N–C) groups is 1. The first-order chi connectivity index (χ1) is 13.2. The van der Waals surface area contributed by atoms with Crippen molar-refractivity contribution in [2.45, 2.75) is 51.7 Å². The fraction of sp³-hybridized carbons (Fsp3) is 0.619. The molecule has 6 heteroatoms. The number of hydrogen-bond acceptors (Lipinski definition) is 3. The quantitative estimate of drug-likeness (QED) is 0.568. The van der Waals surface area contributed by atoms with Gasteiger partial charge in [0.05, 0.1) is 0 Å². The Morgan fingerprint density at radius 1 is 1.15 bits per heavy atom. The summed E-state index contributed by atoms with van der Waals surface area (Å²) in [7, 11) is 1.82. The van der Waals surface area contributed by atoms with E-state index < -0.39 is 0 Å². The standard InChI is InChI=1S/C21H33N5O/c1-3-25-12-4-6-19(25)15-24-21(22-2)23-14-17-8-10-18(11-9-17)16-26-13-5-7-20(26)27/h8-11,19H,3-7,12-16H2,1-2H3,(H2,22,23,24). The molecule has 0 spiro atoms. The molecule has 1 aromatic rings. The van der Waals surface area contributed by atoms with Crippen LogP contribution in [0.4, 0.5) is 0 Å². The van der Waals surface area contributed by atoms with E-state index in [1.807, 2.05) is 11.9 Å². The van der Waals surface area contributed by atoms with Crippen LogP contribution in [0.1, 0.15) is 43.7 Å². The van der Waals surface area contributed by atoms with Crippen molar-refractivity contribution < 1.29 is 4.79 Å². The van der Waals surface area contributed by atoms with Gasteiger partial charge in [0.1, 0.15) is 0 Å². The van der Waals surface area contributed by atoms with Crippen molar-refractivity contribution in [2.75, 3.05) is 33.2 Å². The van der Waals surface area contributed by atoms with Gasteiger partial charge in [-0.2, -0.15) is 0 Å². The Kier molecular flexibility index (Phi) is 7.10. The average molecular weight is 372 g/mol. The molecular weight excluding hydrogens is 338 g/mol. The van der Waals surface area contributed by atoms with Crippen molar-refractivity contribution in [3.63, 3.8) is 0 Å². The molecule has 0 bridgehead atoms. The Morgan fingerprint density at radius 3 is 2.59 bits per heavy atom. The molecule has 1 amide bonds. The highest BCUT2D eigenvalue weighted by molar-refractivity contribution is 5.79. The largest absolute Gasteiger partial charge is 0.355 e. The molecule has 2 saturated heterocycles. The van der Waals surface area contributed by atoms with Crippen LogP contribution in [0.25, 0.3) is 0 Å². The summed E-state index contributed by atoms with van der Waals surface area (Å²) < 4.78 is 0. The molecule has 0 radical (unpaired) electrons. The summed E-state index contributed by atoms with van der Waals surface area (Å²) in [5.41, 5.74) is 2.41. The van der Waals surface area contributed by atoms with Crippen LogP contribution < -0.4 is 10.6 Å². The van der Waals surface area contributed by atoms with Crippen LogP contribution in [0.2, 0.25) is 0 Å². The fourth-order valence-electron chi connectivity index (χ4n) is 4.02. The van der Waals surface area contributed by atoms with E-state index in [4.69, 9.17) is 0 Å². The highest BCUT2D eigenvalue weighted by atomic mass is 16.2. The third-order valence-electron chi connectivity index (χ3n) is 5.66. The molecule has 2 aliphatic heterocycles. The van der Waals surface area contributed by atoms with Gasteiger partial charge in [-0.3, -0.25) is 14.7 Å². The second-order valence-electron chi connectivity index (χ2n) is 7.47. The zero-order valence-corrected chi connectivity index (χ0v) is 16.7. The van der Waals surface area contributed by atoms with Crippen molar-refractivity contribution >= 4 is 11.9 Å². The van der Waals surface area contributed by atoms with Gasteiger partial charge in [-0.15, -0.1) is 0 Å². The lowest BCUT2D eigenvalue weighted by Crippen LogP contribution is -2.44. The topological polar surface area (TPSA) is 60.0 Å². The Balaban J connectivity index is 1.43. The van der Waals surface area contributed by atoms with E-state index >= 15 is 0 Å². The van der Waals surface area contributed by atoms with E-state index in [2.05, 4.69) is 51.7 Å². The summed E-state index contributed by atoms with van der Waals surface area (Å²) in [5.74, 6) is 1.13. The van der Waals surface area contributed by atoms with Gasteiger partial charge in [0, 0.05) is 45.7 Å². The van der Waals surface area contributed by atoms with E-state index in [9.17, 15) is 4.79 Å². The predicted molar refractivity (Wildman–Crippen MR) is 110 cm³/mol. The molecule has 1 unspecified atom stereocenters.